The second-order valence-corrected chi connectivity index (χ2v) is 10.8. The molecule has 0 atom stereocenters. The Labute approximate surface area is 210 Å². The predicted octanol–water partition coefficient (Wildman–Crippen LogP) is 6.51. The Hall–Kier alpha value is -2.88. The SMILES string of the molecule is CCOC(=O)N1CCc2c(sc(NC(=O)c3cccc(SC)c3)c2-c2nc3ccccc3s2)C1. The second-order valence-electron chi connectivity index (χ2n) is 7.75. The minimum absolute atomic E-state index is 0.154. The van der Waals surface area contributed by atoms with Crippen LogP contribution in [0.2, 0.25) is 0 Å². The van der Waals surface area contributed by atoms with Crippen molar-refractivity contribution in [1.29, 1.82) is 0 Å². The lowest BCUT2D eigenvalue weighted by molar-refractivity contribution is 0.102. The molecule has 1 aliphatic rings. The van der Waals surface area contributed by atoms with Gasteiger partial charge in [-0.3, -0.25) is 4.79 Å². The third-order valence-corrected chi connectivity index (χ3v) is 8.56. The van der Waals surface area contributed by atoms with Crippen LogP contribution in [0.15, 0.2) is 53.4 Å². The van der Waals surface area contributed by atoms with Crippen LogP contribution in [0.25, 0.3) is 20.8 Å². The maximum atomic E-state index is 13.2. The molecular formula is C25H23N3O3S3. The number of nitrogens with zero attached hydrogens (tertiary/aromatic N) is 2. The summed E-state index contributed by atoms with van der Waals surface area (Å²) in [6.07, 6.45) is 2.38. The van der Waals surface area contributed by atoms with Gasteiger partial charge in [-0.05, 0) is 55.5 Å². The highest BCUT2D eigenvalue weighted by atomic mass is 32.2. The number of fused-ring (bicyclic) bond motifs is 2. The van der Waals surface area contributed by atoms with Crippen molar-refractivity contribution in [2.75, 3.05) is 24.7 Å². The van der Waals surface area contributed by atoms with Crippen LogP contribution in [0.5, 0.6) is 0 Å². The van der Waals surface area contributed by atoms with E-state index in [1.165, 1.54) is 11.3 Å². The Balaban J connectivity index is 1.54. The topological polar surface area (TPSA) is 71.5 Å². The van der Waals surface area contributed by atoms with Gasteiger partial charge in [0.1, 0.15) is 10.0 Å². The van der Waals surface area contributed by atoms with Crippen LogP contribution in [-0.2, 0) is 17.7 Å². The van der Waals surface area contributed by atoms with Crippen LogP contribution in [-0.4, -0.2) is 41.3 Å². The number of benzene rings is 2. The fraction of sp³-hybridized carbons (Fsp3) is 0.240. The van der Waals surface area contributed by atoms with E-state index < -0.39 is 0 Å². The van der Waals surface area contributed by atoms with E-state index >= 15 is 0 Å². The number of thiazole rings is 1. The van der Waals surface area contributed by atoms with E-state index in [2.05, 4.69) is 11.4 Å². The molecule has 0 fully saturated rings. The van der Waals surface area contributed by atoms with Crippen LogP contribution < -0.4 is 5.32 Å². The number of carbonyl (C=O) groups excluding carboxylic acids is 2. The Morgan fingerprint density at radius 3 is 2.82 bits per heavy atom. The molecule has 0 spiro atoms. The first-order chi connectivity index (χ1) is 16.6. The number of thiophene rings is 1. The molecule has 0 saturated carbocycles. The van der Waals surface area contributed by atoms with Crippen molar-refractivity contribution in [3.05, 3.63) is 64.5 Å². The number of rotatable bonds is 5. The number of hydrogen-bond donors (Lipinski definition) is 1. The van der Waals surface area contributed by atoms with Crippen molar-refractivity contribution in [1.82, 2.24) is 9.88 Å². The van der Waals surface area contributed by atoms with Crippen molar-refractivity contribution >= 4 is 61.7 Å². The van der Waals surface area contributed by atoms with Crippen LogP contribution >= 0.6 is 34.4 Å². The molecule has 0 bridgehead atoms. The van der Waals surface area contributed by atoms with Crippen LogP contribution in [0.4, 0.5) is 9.80 Å². The van der Waals surface area contributed by atoms with Gasteiger partial charge >= 0.3 is 6.09 Å². The van der Waals surface area contributed by atoms with Crippen molar-refractivity contribution in [2.45, 2.75) is 24.8 Å². The Morgan fingerprint density at radius 2 is 2.03 bits per heavy atom. The zero-order valence-corrected chi connectivity index (χ0v) is 21.2. The van der Waals surface area contributed by atoms with Crippen LogP contribution in [0, 0.1) is 0 Å². The number of hydrogen-bond acceptors (Lipinski definition) is 7. The molecule has 2 aromatic heterocycles. The lowest BCUT2D eigenvalue weighted by Gasteiger charge is -2.26. The molecule has 5 rings (SSSR count). The number of amides is 2. The summed E-state index contributed by atoms with van der Waals surface area (Å²) in [5.74, 6) is -0.154. The highest BCUT2D eigenvalue weighted by Gasteiger charge is 2.30. The van der Waals surface area contributed by atoms with E-state index in [0.717, 1.165) is 41.1 Å². The number of anilines is 1. The number of ether oxygens (including phenoxy) is 1. The summed E-state index contributed by atoms with van der Waals surface area (Å²) in [6.45, 7) is 3.20. The van der Waals surface area contributed by atoms with Gasteiger partial charge in [-0.25, -0.2) is 9.78 Å². The van der Waals surface area contributed by atoms with Gasteiger partial charge in [0, 0.05) is 27.4 Å². The molecule has 0 aliphatic carbocycles. The molecule has 1 N–H and O–H groups in total. The van der Waals surface area contributed by atoms with E-state index in [1.54, 1.807) is 28.0 Å². The average Bonchev–Trinajstić information content (AvgIpc) is 3.44. The molecule has 2 aromatic carbocycles. The van der Waals surface area contributed by atoms with Crippen molar-refractivity contribution < 1.29 is 14.3 Å². The molecule has 1 aliphatic heterocycles. The molecule has 6 nitrogen and oxygen atoms in total. The largest absolute Gasteiger partial charge is 0.450 e. The van der Waals surface area contributed by atoms with Crippen molar-refractivity contribution in [2.24, 2.45) is 0 Å². The molecule has 9 heteroatoms. The molecule has 174 valence electrons. The van der Waals surface area contributed by atoms with Gasteiger partial charge < -0.3 is 15.0 Å². The summed E-state index contributed by atoms with van der Waals surface area (Å²) in [5.41, 5.74) is 3.68. The van der Waals surface area contributed by atoms with E-state index in [9.17, 15) is 9.59 Å². The van der Waals surface area contributed by atoms with E-state index in [-0.39, 0.29) is 12.0 Å². The van der Waals surface area contributed by atoms with Crippen molar-refractivity contribution in [3.8, 4) is 10.6 Å². The van der Waals surface area contributed by atoms with Gasteiger partial charge in [0.05, 0.1) is 23.4 Å². The Kier molecular flexibility index (Phi) is 6.58. The van der Waals surface area contributed by atoms with E-state index in [4.69, 9.17) is 9.72 Å². The van der Waals surface area contributed by atoms with Crippen LogP contribution in [0.1, 0.15) is 27.7 Å². The van der Waals surface area contributed by atoms with Gasteiger partial charge in [-0.15, -0.1) is 34.4 Å². The Morgan fingerprint density at radius 1 is 1.18 bits per heavy atom. The van der Waals surface area contributed by atoms with Crippen molar-refractivity contribution in [3.63, 3.8) is 0 Å². The fourth-order valence-electron chi connectivity index (χ4n) is 4.01. The summed E-state index contributed by atoms with van der Waals surface area (Å²) in [5, 5.41) is 4.81. The van der Waals surface area contributed by atoms with E-state index in [0.29, 0.717) is 31.7 Å². The number of para-hydroxylation sites is 1. The quantitative estimate of drug-likeness (QED) is 0.310. The van der Waals surface area contributed by atoms with Gasteiger partial charge in [0.2, 0.25) is 0 Å². The minimum Gasteiger partial charge on any atom is -0.450 e. The lowest BCUT2D eigenvalue weighted by Crippen LogP contribution is -2.35. The van der Waals surface area contributed by atoms with Gasteiger partial charge in [0.15, 0.2) is 0 Å². The number of nitrogens with one attached hydrogen (secondary N) is 1. The lowest BCUT2D eigenvalue weighted by atomic mass is 10.0. The molecule has 0 unspecified atom stereocenters. The third kappa shape index (κ3) is 4.43. The number of aromatic nitrogens is 1. The summed E-state index contributed by atoms with van der Waals surface area (Å²) in [4.78, 5) is 34.2. The van der Waals surface area contributed by atoms with Crippen LogP contribution in [0.3, 0.4) is 0 Å². The second kappa shape index (κ2) is 9.77. The first-order valence-electron chi connectivity index (χ1n) is 10.9. The molecule has 4 aromatic rings. The molecular weight excluding hydrogens is 486 g/mol. The zero-order chi connectivity index (χ0) is 23.7. The maximum absolute atomic E-state index is 13.2. The highest BCUT2D eigenvalue weighted by Crippen LogP contribution is 2.46. The molecule has 2 amide bonds. The molecule has 0 radical (unpaired) electrons. The van der Waals surface area contributed by atoms with E-state index in [1.807, 2.05) is 55.6 Å². The van der Waals surface area contributed by atoms with Gasteiger partial charge in [0.25, 0.3) is 5.91 Å². The molecule has 0 saturated heterocycles. The number of carbonyl (C=O) groups is 2. The average molecular weight is 510 g/mol. The summed E-state index contributed by atoms with van der Waals surface area (Å²) >= 11 is 4.74. The fourth-order valence-corrected chi connectivity index (χ4v) is 6.84. The monoisotopic (exact) mass is 509 g/mol. The minimum atomic E-state index is -0.303. The summed E-state index contributed by atoms with van der Waals surface area (Å²) < 4.78 is 6.31. The normalized spacial score (nSPS) is 13.1. The maximum Gasteiger partial charge on any atom is 0.410 e. The molecule has 3 heterocycles. The van der Waals surface area contributed by atoms with Gasteiger partial charge in [-0.2, -0.15) is 0 Å². The Bertz CT molecular complexity index is 1350. The zero-order valence-electron chi connectivity index (χ0n) is 18.8. The standard InChI is InChI=1S/C25H23N3O3S3/c1-3-31-25(30)28-12-11-17-20(14-28)34-24(27-22(29)15-7-6-8-16(13-15)32-2)21(17)23-26-18-9-4-5-10-19(18)33-23/h4-10,13H,3,11-12,14H2,1-2H3,(H,27,29). The van der Waals surface area contributed by atoms with Gasteiger partial charge in [-0.1, -0.05) is 18.2 Å². The summed E-state index contributed by atoms with van der Waals surface area (Å²) in [7, 11) is 0. The smallest absolute Gasteiger partial charge is 0.410 e. The highest BCUT2D eigenvalue weighted by molar-refractivity contribution is 7.98. The first-order valence-corrected chi connectivity index (χ1v) is 13.8. The third-order valence-electron chi connectivity index (χ3n) is 5.65. The predicted molar refractivity (Wildman–Crippen MR) is 140 cm³/mol. The molecule has 34 heavy (non-hydrogen) atoms. The summed E-state index contributed by atoms with van der Waals surface area (Å²) in [6, 6.07) is 15.6. The number of thioether (sulfide) groups is 1. The first kappa shape index (κ1) is 22.9.